The van der Waals surface area contributed by atoms with Crippen LogP contribution in [-0.4, -0.2) is 0 Å². The zero-order chi connectivity index (χ0) is 7.56. The molecule has 0 unspecified atom stereocenters. The molecule has 1 aromatic carbocycles. The molecule has 50 valence electrons. The molecule has 1 aromatic rings. The Morgan fingerprint density at radius 1 is 1.40 bits per heavy atom. The lowest BCUT2D eigenvalue weighted by Gasteiger charge is -1.92. The third-order valence-corrected chi connectivity index (χ3v) is 1.65. The minimum Gasteiger partial charge on any atom is -0.238 e. The average molecular weight is 216 g/mol. The maximum absolute atomic E-state index is 6.68. The second-order valence-corrected chi connectivity index (χ2v) is 3.09. The summed E-state index contributed by atoms with van der Waals surface area (Å²) in [6.45, 7) is 6.68. The minimum absolute atomic E-state index is 0.555. The third-order valence-electron chi connectivity index (χ3n) is 0.976. The zero-order valence-electron chi connectivity index (χ0n) is 4.94. The van der Waals surface area contributed by atoms with E-state index in [-0.39, 0.29) is 0 Å². The van der Waals surface area contributed by atoms with Gasteiger partial charge >= 0.3 is 0 Å². The highest BCUT2D eigenvalue weighted by Crippen LogP contribution is 2.24. The number of nitrogens with zero attached hydrogens (tertiary/aromatic N) is 1. The first kappa shape index (κ1) is 7.59. The summed E-state index contributed by atoms with van der Waals surface area (Å²) in [6, 6.07) is 5.09. The van der Waals surface area contributed by atoms with Crippen molar-refractivity contribution in [3.05, 3.63) is 39.1 Å². The van der Waals surface area contributed by atoms with Gasteiger partial charge in [0.2, 0.25) is 0 Å². The van der Waals surface area contributed by atoms with Crippen molar-refractivity contribution in [3.63, 3.8) is 0 Å². The van der Waals surface area contributed by atoms with E-state index in [1.165, 1.54) is 0 Å². The van der Waals surface area contributed by atoms with Crippen molar-refractivity contribution in [3.8, 4) is 0 Å². The summed E-state index contributed by atoms with van der Waals surface area (Å²) in [5, 5.41) is 0.584. The van der Waals surface area contributed by atoms with Gasteiger partial charge in [-0.1, -0.05) is 27.5 Å². The predicted molar refractivity (Wildman–Crippen MR) is 45.4 cm³/mol. The first-order valence-electron chi connectivity index (χ1n) is 2.56. The molecule has 0 radical (unpaired) electrons. The van der Waals surface area contributed by atoms with Crippen LogP contribution in [0.15, 0.2) is 22.7 Å². The summed E-state index contributed by atoms with van der Waals surface area (Å²) in [7, 11) is 0. The van der Waals surface area contributed by atoms with Crippen molar-refractivity contribution in [2.75, 3.05) is 0 Å². The van der Waals surface area contributed by atoms with Crippen LogP contribution in [-0.2, 0) is 0 Å². The summed E-state index contributed by atoms with van der Waals surface area (Å²) < 4.78 is 0.839. The first-order chi connectivity index (χ1) is 4.72. The molecule has 0 saturated heterocycles. The van der Waals surface area contributed by atoms with Gasteiger partial charge in [-0.15, -0.1) is 0 Å². The molecule has 0 saturated carbocycles. The number of benzene rings is 1. The smallest absolute Gasteiger partial charge is 0.189 e. The molecular weight excluding hydrogens is 213 g/mol. The van der Waals surface area contributed by atoms with Crippen molar-refractivity contribution in [1.82, 2.24) is 0 Å². The van der Waals surface area contributed by atoms with E-state index in [2.05, 4.69) is 20.8 Å². The quantitative estimate of drug-likeness (QED) is 0.583. The Morgan fingerprint density at radius 3 is 2.60 bits per heavy atom. The lowest BCUT2D eigenvalue weighted by Crippen LogP contribution is -1.64. The van der Waals surface area contributed by atoms with E-state index in [0.29, 0.717) is 10.7 Å². The van der Waals surface area contributed by atoms with E-state index in [0.717, 1.165) is 4.47 Å². The second kappa shape index (κ2) is 3.05. The van der Waals surface area contributed by atoms with Crippen LogP contribution >= 0.6 is 27.5 Å². The van der Waals surface area contributed by atoms with E-state index in [1.807, 2.05) is 0 Å². The molecule has 1 rings (SSSR count). The Balaban J connectivity index is 3.22. The van der Waals surface area contributed by atoms with E-state index in [9.17, 15) is 0 Å². The first-order valence-corrected chi connectivity index (χ1v) is 3.73. The van der Waals surface area contributed by atoms with Crippen molar-refractivity contribution >= 4 is 33.2 Å². The van der Waals surface area contributed by atoms with Gasteiger partial charge in [0, 0.05) is 9.50 Å². The average Bonchev–Trinajstić information content (AvgIpc) is 1.85. The molecule has 0 aromatic heterocycles. The predicted octanol–water partition coefficient (Wildman–Crippen LogP) is 3.65. The fourth-order valence-electron chi connectivity index (χ4n) is 0.604. The number of halogens is 2. The van der Waals surface area contributed by atoms with Gasteiger partial charge in [-0.3, -0.25) is 0 Å². The van der Waals surface area contributed by atoms with E-state index in [1.54, 1.807) is 18.2 Å². The molecule has 0 bridgehead atoms. The molecule has 0 N–H and O–H groups in total. The van der Waals surface area contributed by atoms with Gasteiger partial charge < -0.3 is 0 Å². The van der Waals surface area contributed by atoms with Crippen LogP contribution in [0, 0.1) is 6.57 Å². The monoisotopic (exact) mass is 215 g/mol. The summed E-state index contributed by atoms with van der Waals surface area (Å²) in [6.07, 6.45) is 0. The standard InChI is InChI=1S/C7H3BrClN/c1-10-7-3-5(8)2-6(9)4-7/h2-4H. The van der Waals surface area contributed by atoms with Crippen LogP contribution in [0.3, 0.4) is 0 Å². The fraction of sp³-hybridized carbons (Fsp3) is 0. The minimum atomic E-state index is 0.555. The Kier molecular flexibility index (Phi) is 2.31. The van der Waals surface area contributed by atoms with Crippen LogP contribution in [0.1, 0.15) is 0 Å². The molecule has 0 aliphatic heterocycles. The zero-order valence-corrected chi connectivity index (χ0v) is 7.28. The molecule has 0 fully saturated rings. The van der Waals surface area contributed by atoms with E-state index in [4.69, 9.17) is 18.2 Å². The van der Waals surface area contributed by atoms with Gasteiger partial charge in [0.1, 0.15) is 0 Å². The largest absolute Gasteiger partial charge is 0.238 e. The van der Waals surface area contributed by atoms with Crippen molar-refractivity contribution in [2.24, 2.45) is 0 Å². The van der Waals surface area contributed by atoms with Crippen LogP contribution in [0.5, 0.6) is 0 Å². The van der Waals surface area contributed by atoms with Crippen molar-refractivity contribution in [2.45, 2.75) is 0 Å². The lowest BCUT2D eigenvalue weighted by atomic mass is 10.3. The summed E-state index contributed by atoms with van der Waals surface area (Å²) in [4.78, 5) is 3.23. The third kappa shape index (κ3) is 1.73. The molecule has 0 spiro atoms. The van der Waals surface area contributed by atoms with Gasteiger partial charge in [-0.25, -0.2) is 4.85 Å². The molecule has 3 heteroatoms. The summed E-state index contributed by atoms with van der Waals surface area (Å²) >= 11 is 8.88. The maximum Gasteiger partial charge on any atom is 0.189 e. The van der Waals surface area contributed by atoms with Crippen LogP contribution < -0.4 is 0 Å². The Hall–Kier alpha value is -0.520. The molecule has 0 aliphatic carbocycles. The van der Waals surface area contributed by atoms with Gasteiger partial charge in [-0.05, 0) is 18.2 Å². The topological polar surface area (TPSA) is 4.36 Å². The van der Waals surface area contributed by atoms with Gasteiger partial charge in [0.05, 0.1) is 6.57 Å². The molecule has 0 atom stereocenters. The normalized spacial score (nSPS) is 8.90. The molecular formula is C7H3BrClN. The molecule has 0 amide bonds. The van der Waals surface area contributed by atoms with Gasteiger partial charge in [-0.2, -0.15) is 0 Å². The Morgan fingerprint density at radius 2 is 2.10 bits per heavy atom. The Bertz CT molecular complexity index is 270. The van der Waals surface area contributed by atoms with Crippen LogP contribution in [0.2, 0.25) is 5.02 Å². The van der Waals surface area contributed by atoms with Gasteiger partial charge in [0.15, 0.2) is 5.69 Å². The highest BCUT2D eigenvalue weighted by Gasteiger charge is 1.94. The highest BCUT2D eigenvalue weighted by molar-refractivity contribution is 9.10. The van der Waals surface area contributed by atoms with E-state index >= 15 is 0 Å². The van der Waals surface area contributed by atoms with E-state index < -0.39 is 0 Å². The Labute approximate surface area is 72.6 Å². The SMILES string of the molecule is [C-]#[N+]c1cc(Cl)cc(Br)c1. The van der Waals surface area contributed by atoms with Gasteiger partial charge in [0.25, 0.3) is 0 Å². The molecule has 10 heavy (non-hydrogen) atoms. The lowest BCUT2D eigenvalue weighted by molar-refractivity contribution is 1.66. The number of rotatable bonds is 0. The maximum atomic E-state index is 6.68. The number of hydrogen-bond donors (Lipinski definition) is 0. The fourth-order valence-corrected chi connectivity index (χ4v) is 1.45. The molecule has 0 aliphatic rings. The number of hydrogen-bond acceptors (Lipinski definition) is 0. The summed E-state index contributed by atoms with van der Waals surface area (Å²) in [5.41, 5.74) is 0.555. The van der Waals surface area contributed by atoms with Crippen LogP contribution in [0.4, 0.5) is 5.69 Å². The van der Waals surface area contributed by atoms with Crippen molar-refractivity contribution in [1.29, 1.82) is 0 Å². The highest BCUT2D eigenvalue weighted by atomic mass is 79.9. The van der Waals surface area contributed by atoms with Crippen LogP contribution in [0.25, 0.3) is 4.85 Å². The van der Waals surface area contributed by atoms with Crippen molar-refractivity contribution < 1.29 is 0 Å². The molecule has 1 nitrogen and oxygen atoms in total. The second-order valence-electron chi connectivity index (χ2n) is 1.74. The summed E-state index contributed by atoms with van der Waals surface area (Å²) in [5.74, 6) is 0. The molecule has 0 heterocycles.